The average molecular weight is 251 g/mol. The summed E-state index contributed by atoms with van der Waals surface area (Å²) in [6, 6.07) is 12.7. The largest absolute Gasteiger partial charge is 0.399 e. The van der Waals surface area contributed by atoms with E-state index in [1.165, 1.54) is 27.8 Å². The van der Waals surface area contributed by atoms with E-state index in [4.69, 9.17) is 5.73 Å². The molecule has 2 N–H and O–H groups in total. The van der Waals surface area contributed by atoms with Gasteiger partial charge < -0.3 is 10.5 Å². The van der Waals surface area contributed by atoms with Crippen molar-refractivity contribution in [1.82, 2.24) is 0 Å². The maximum atomic E-state index is 11.1. The molecule has 0 saturated carbocycles. The Morgan fingerprint density at radius 2 is 1.79 bits per heavy atom. The van der Waals surface area contributed by atoms with Crippen LogP contribution in [-0.4, -0.2) is 5.78 Å². The quantitative estimate of drug-likeness (QED) is 0.725. The number of fused-ring (bicyclic) bond motifs is 3. The van der Waals surface area contributed by atoms with Crippen molar-refractivity contribution in [3.8, 4) is 11.1 Å². The highest BCUT2D eigenvalue weighted by molar-refractivity contribution is 5.79. The Morgan fingerprint density at radius 1 is 1.11 bits per heavy atom. The molecular formula is C17H17NO. The lowest BCUT2D eigenvalue weighted by molar-refractivity contribution is -0.116. The van der Waals surface area contributed by atoms with Crippen LogP contribution < -0.4 is 5.73 Å². The normalized spacial score (nSPS) is 12.1. The Morgan fingerprint density at radius 3 is 2.53 bits per heavy atom. The summed E-state index contributed by atoms with van der Waals surface area (Å²) in [6.45, 7) is 1.64. The minimum absolute atomic E-state index is 0.247. The highest BCUT2D eigenvalue weighted by atomic mass is 16.1. The predicted molar refractivity (Wildman–Crippen MR) is 78.1 cm³/mol. The summed E-state index contributed by atoms with van der Waals surface area (Å²) < 4.78 is 0. The second-order valence-corrected chi connectivity index (χ2v) is 5.29. The molecule has 0 unspecified atom stereocenters. The number of ketones is 1. The van der Waals surface area contributed by atoms with Gasteiger partial charge in [-0.15, -0.1) is 0 Å². The number of aryl methyl sites for hydroxylation is 1. The Hall–Kier alpha value is -2.09. The number of nitrogens with two attached hydrogens (primary N) is 1. The van der Waals surface area contributed by atoms with Gasteiger partial charge in [0.05, 0.1) is 0 Å². The number of anilines is 1. The maximum absolute atomic E-state index is 11.1. The number of rotatable bonds is 3. The zero-order chi connectivity index (χ0) is 13.4. The standard InChI is InChI=1S/C17H17NO/c1-11(19)2-3-12-4-6-16-13(8-12)9-14-10-15(18)5-7-17(14)16/h4-8,10H,2-3,9,18H2,1H3. The van der Waals surface area contributed by atoms with Gasteiger partial charge in [0.25, 0.3) is 0 Å². The van der Waals surface area contributed by atoms with E-state index in [2.05, 4.69) is 30.3 Å². The summed E-state index contributed by atoms with van der Waals surface area (Å²) in [4.78, 5) is 11.1. The van der Waals surface area contributed by atoms with Crippen molar-refractivity contribution >= 4 is 11.5 Å². The molecule has 0 saturated heterocycles. The number of carbonyl (C=O) groups excluding carboxylic acids is 1. The fraction of sp³-hybridized carbons (Fsp3) is 0.235. The molecule has 2 heteroatoms. The molecule has 0 amide bonds. The summed E-state index contributed by atoms with van der Waals surface area (Å²) in [5.41, 5.74) is 13.2. The van der Waals surface area contributed by atoms with Crippen LogP contribution in [0.2, 0.25) is 0 Å². The van der Waals surface area contributed by atoms with Crippen LogP contribution in [0.3, 0.4) is 0 Å². The van der Waals surface area contributed by atoms with Gasteiger partial charge in [-0.25, -0.2) is 0 Å². The second-order valence-electron chi connectivity index (χ2n) is 5.29. The molecule has 0 aromatic heterocycles. The van der Waals surface area contributed by atoms with E-state index in [1.807, 2.05) is 6.07 Å². The van der Waals surface area contributed by atoms with Gasteiger partial charge in [0.1, 0.15) is 5.78 Å². The molecule has 1 aliphatic rings. The lowest BCUT2D eigenvalue weighted by Crippen LogP contribution is -1.94. The van der Waals surface area contributed by atoms with E-state index in [9.17, 15) is 4.79 Å². The lowest BCUT2D eigenvalue weighted by Gasteiger charge is -2.04. The van der Waals surface area contributed by atoms with Crippen LogP contribution in [0.4, 0.5) is 5.69 Å². The monoisotopic (exact) mass is 251 g/mol. The predicted octanol–water partition coefficient (Wildman–Crippen LogP) is 3.36. The minimum Gasteiger partial charge on any atom is -0.399 e. The first kappa shape index (κ1) is 12.0. The summed E-state index contributed by atoms with van der Waals surface area (Å²) >= 11 is 0. The third kappa shape index (κ3) is 2.26. The van der Waals surface area contributed by atoms with Crippen molar-refractivity contribution in [2.24, 2.45) is 0 Å². The Balaban J connectivity index is 1.92. The molecule has 2 nitrogen and oxygen atoms in total. The van der Waals surface area contributed by atoms with Crippen LogP contribution >= 0.6 is 0 Å². The molecular weight excluding hydrogens is 234 g/mol. The van der Waals surface area contributed by atoms with Gasteiger partial charge in [-0.1, -0.05) is 24.3 Å². The third-order valence-electron chi connectivity index (χ3n) is 3.74. The first-order valence-corrected chi connectivity index (χ1v) is 6.63. The number of nitrogen functional groups attached to an aromatic ring is 1. The van der Waals surface area contributed by atoms with E-state index in [0.717, 1.165) is 18.5 Å². The SMILES string of the molecule is CC(=O)CCc1ccc2c(c1)Cc1cc(N)ccc1-2. The molecule has 0 fully saturated rings. The van der Waals surface area contributed by atoms with E-state index in [-0.39, 0.29) is 5.78 Å². The Kier molecular flexibility index (Phi) is 2.86. The molecule has 0 spiro atoms. The summed E-state index contributed by atoms with van der Waals surface area (Å²) in [7, 11) is 0. The van der Waals surface area contributed by atoms with Crippen molar-refractivity contribution in [2.45, 2.75) is 26.2 Å². The Bertz CT molecular complexity index is 658. The topological polar surface area (TPSA) is 43.1 Å². The van der Waals surface area contributed by atoms with Gasteiger partial charge in [-0.05, 0) is 59.7 Å². The van der Waals surface area contributed by atoms with Crippen molar-refractivity contribution < 1.29 is 4.79 Å². The van der Waals surface area contributed by atoms with Crippen LogP contribution in [-0.2, 0) is 17.6 Å². The maximum Gasteiger partial charge on any atom is 0.130 e. The smallest absolute Gasteiger partial charge is 0.130 e. The van der Waals surface area contributed by atoms with Crippen LogP contribution in [0.1, 0.15) is 30.0 Å². The average Bonchev–Trinajstić information content (AvgIpc) is 2.72. The summed E-state index contributed by atoms with van der Waals surface area (Å²) in [5.74, 6) is 0.247. The van der Waals surface area contributed by atoms with Crippen LogP contribution in [0.15, 0.2) is 36.4 Å². The van der Waals surface area contributed by atoms with Crippen LogP contribution in [0.25, 0.3) is 11.1 Å². The van der Waals surface area contributed by atoms with Gasteiger partial charge in [-0.3, -0.25) is 0 Å². The molecule has 2 aromatic rings. The zero-order valence-electron chi connectivity index (χ0n) is 11.1. The second kappa shape index (κ2) is 4.54. The van der Waals surface area contributed by atoms with E-state index in [1.54, 1.807) is 6.92 Å². The summed E-state index contributed by atoms with van der Waals surface area (Å²) in [5, 5.41) is 0. The van der Waals surface area contributed by atoms with Gasteiger partial charge in [0.15, 0.2) is 0 Å². The molecule has 3 rings (SSSR count). The van der Waals surface area contributed by atoms with Crippen LogP contribution in [0.5, 0.6) is 0 Å². The van der Waals surface area contributed by atoms with Crippen molar-refractivity contribution in [3.63, 3.8) is 0 Å². The fourth-order valence-corrected chi connectivity index (χ4v) is 2.76. The number of hydrogen-bond donors (Lipinski definition) is 1. The number of carbonyl (C=O) groups is 1. The highest BCUT2D eigenvalue weighted by Crippen LogP contribution is 2.37. The molecule has 0 bridgehead atoms. The van der Waals surface area contributed by atoms with E-state index < -0.39 is 0 Å². The number of benzene rings is 2. The van der Waals surface area contributed by atoms with Gasteiger partial charge in [0, 0.05) is 12.1 Å². The van der Waals surface area contributed by atoms with Gasteiger partial charge >= 0.3 is 0 Å². The first-order chi connectivity index (χ1) is 9.13. The Labute approximate surface area is 113 Å². The lowest BCUT2D eigenvalue weighted by atomic mass is 10.0. The molecule has 2 aromatic carbocycles. The highest BCUT2D eigenvalue weighted by Gasteiger charge is 2.18. The van der Waals surface area contributed by atoms with Gasteiger partial charge in [-0.2, -0.15) is 0 Å². The van der Waals surface area contributed by atoms with Gasteiger partial charge in [0.2, 0.25) is 0 Å². The number of hydrogen-bond acceptors (Lipinski definition) is 2. The molecule has 1 aliphatic carbocycles. The number of Topliss-reactive ketones (excluding diaryl/α,β-unsaturated/α-hetero) is 1. The van der Waals surface area contributed by atoms with E-state index in [0.29, 0.717) is 6.42 Å². The first-order valence-electron chi connectivity index (χ1n) is 6.63. The third-order valence-corrected chi connectivity index (χ3v) is 3.74. The molecule has 0 radical (unpaired) electrons. The molecule has 0 aliphatic heterocycles. The van der Waals surface area contributed by atoms with Crippen molar-refractivity contribution in [3.05, 3.63) is 53.1 Å². The van der Waals surface area contributed by atoms with Crippen LogP contribution in [0, 0.1) is 0 Å². The fourth-order valence-electron chi connectivity index (χ4n) is 2.76. The molecule has 96 valence electrons. The van der Waals surface area contributed by atoms with Crippen molar-refractivity contribution in [1.29, 1.82) is 0 Å². The minimum atomic E-state index is 0.247. The zero-order valence-corrected chi connectivity index (χ0v) is 11.1. The van der Waals surface area contributed by atoms with Crippen molar-refractivity contribution in [2.75, 3.05) is 5.73 Å². The molecule has 0 atom stereocenters. The summed E-state index contributed by atoms with van der Waals surface area (Å²) in [6.07, 6.45) is 2.41. The van der Waals surface area contributed by atoms with E-state index >= 15 is 0 Å². The molecule has 19 heavy (non-hydrogen) atoms. The molecule has 0 heterocycles.